The molecule has 1 aliphatic heterocycles. The Morgan fingerprint density at radius 1 is 1.32 bits per heavy atom. The Morgan fingerprint density at radius 2 is 2.07 bits per heavy atom. The molecule has 0 aromatic heterocycles. The highest BCUT2D eigenvalue weighted by Crippen LogP contribution is 2.21. The van der Waals surface area contributed by atoms with Crippen LogP contribution < -0.4 is 15.4 Å². The second-order valence-electron chi connectivity index (χ2n) is 7.50. The first kappa shape index (κ1) is 22.0. The summed E-state index contributed by atoms with van der Waals surface area (Å²) in [6, 6.07) is 6.37. The van der Waals surface area contributed by atoms with Crippen LogP contribution in [-0.2, 0) is 11.3 Å². The van der Waals surface area contributed by atoms with E-state index in [-0.39, 0.29) is 0 Å². The monoisotopic (exact) mass is 390 g/mol. The van der Waals surface area contributed by atoms with Crippen LogP contribution in [0.5, 0.6) is 5.75 Å². The van der Waals surface area contributed by atoms with Crippen LogP contribution in [0, 0.1) is 5.92 Å². The number of benzene rings is 1. The third-order valence-corrected chi connectivity index (χ3v) is 5.13. The minimum absolute atomic E-state index is 0.363. The van der Waals surface area contributed by atoms with Crippen LogP contribution in [0.1, 0.15) is 43.6 Å². The lowest BCUT2D eigenvalue weighted by atomic mass is 10.1. The fourth-order valence-electron chi connectivity index (χ4n) is 3.40. The Labute approximate surface area is 168 Å². The van der Waals surface area contributed by atoms with Gasteiger partial charge in [0.25, 0.3) is 0 Å². The first-order chi connectivity index (χ1) is 13.4. The molecule has 0 aliphatic carbocycles. The van der Waals surface area contributed by atoms with Gasteiger partial charge in [-0.2, -0.15) is 0 Å². The van der Waals surface area contributed by atoms with E-state index in [1.54, 1.807) is 12.1 Å². The number of likely N-dealkylation sites (tertiary alicyclic amines) is 1. The molecule has 0 spiro atoms. The highest BCUT2D eigenvalue weighted by molar-refractivity contribution is 5.92. The smallest absolute Gasteiger partial charge is 0.341 e. The normalized spacial score (nSPS) is 20.3. The number of ether oxygens (including phenoxy) is 2. The number of nitrogens with zero attached hydrogens (tertiary/aromatic N) is 2. The fraction of sp³-hybridized carbons (Fsp3) is 0.619. The lowest BCUT2D eigenvalue weighted by Gasteiger charge is -2.22. The molecular formula is C21H34N4O3. The summed E-state index contributed by atoms with van der Waals surface area (Å²) in [5.74, 6) is 1.43. The van der Waals surface area contributed by atoms with Gasteiger partial charge in [0, 0.05) is 31.7 Å². The number of nitrogens with one attached hydrogen (secondary N) is 2. The Hall–Kier alpha value is -2.28. The third kappa shape index (κ3) is 5.61. The van der Waals surface area contributed by atoms with Gasteiger partial charge in [-0.15, -0.1) is 0 Å². The molecule has 1 fully saturated rings. The number of aliphatic imine (C=N–C) groups is 1. The van der Waals surface area contributed by atoms with Gasteiger partial charge >= 0.3 is 5.97 Å². The number of carbonyl (C=O) groups is 1. The molecule has 1 aromatic rings. The van der Waals surface area contributed by atoms with Crippen LogP contribution in [0.15, 0.2) is 23.2 Å². The molecule has 2 N–H and O–H groups in total. The molecule has 7 heteroatoms. The summed E-state index contributed by atoms with van der Waals surface area (Å²) < 4.78 is 10.1. The minimum atomic E-state index is -0.415. The summed E-state index contributed by atoms with van der Waals surface area (Å²) in [6.45, 7) is 12.1. The molecule has 2 unspecified atom stereocenters. The zero-order chi connectivity index (χ0) is 20.7. The molecular weight excluding hydrogens is 356 g/mol. The Balaban J connectivity index is 2.11. The van der Waals surface area contributed by atoms with Crippen LogP contribution in [0.3, 0.4) is 0 Å². The number of carbonyl (C=O) groups excluding carboxylic acids is 1. The minimum Gasteiger partial charge on any atom is -0.496 e. The second kappa shape index (κ2) is 10.3. The van der Waals surface area contributed by atoms with Crippen molar-refractivity contribution >= 4 is 11.9 Å². The number of rotatable bonds is 7. The largest absolute Gasteiger partial charge is 0.496 e. The van der Waals surface area contributed by atoms with Crippen molar-refractivity contribution in [1.82, 2.24) is 15.5 Å². The maximum atomic E-state index is 12.0. The molecule has 28 heavy (non-hydrogen) atoms. The maximum absolute atomic E-state index is 12.0. The second-order valence-corrected chi connectivity index (χ2v) is 7.50. The Morgan fingerprint density at radius 3 is 2.64 bits per heavy atom. The Bertz CT molecular complexity index is 690. The molecule has 1 saturated heterocycles. The maximum Gasteiger partial charge on any atom is 0.341 e. The molecule has 1 aromatic carbocycles. The fourth-order valence-corrected chi connectivity index (χ4v) is 3.40. The van der Waals surface area contributed by atoms with Crippen LogP contribution >= 0.6 is 0 Å². The van der Waals surface area contributed by atoms with Gasteiger partial charge in [0.1, 0.15) is 11.3 Å². The third-order valence-electron chi connectivity index (χ3n) is 5.13. The van der Waals surface area contributed by atoms with E-state index in [4.69, 9.17) is 14.5 Å². The van der Waals surface area contributed by atoms with Gasteiger partial charge in [0.2, 0.25) is 0 Å². The van der Waals surface area contributed by atoms with Crippen molar-refractivity contribution in [2.75, 3.05) is 33.9 Å². The first-order valence-corrected chi connectivity index (χ1v) is 9.93. The van der Waals surface area contributed by atoms with E-state index in [0.29, 0.717) is 35.9 Å². The summed E-state index contributed by atoms with van der Waals surface area (Å²) in [6.07, 6.45) is 0. The average Bonchev–Trinajstić information content (AvgIpc) is 3.06. The van der Waals surface area contributed by atoms with Crippen LogP contribution in [0.2, 0.25) is 0 Å². The van der Waals surface area contributed by atoms with E-state index in [1.165, 1.54) is 14.2 Å². The van der Waals surface area contributed by atoms with Crippen molar-refractivity contribution in [2.45, 2.75) is 46.3 Å². The molecule has 2 atom stereocenters. The summed E-state index contributed by atoms with van der Waals surface area (Å²) >= 11 is 0. The van der Waals surface area contributed by atoms with Gasteiger partial charge in [0.05, 0.1) is 20.8 Å². The number of esters is 1. The zero-order valence-electron chi connectivity index (χ0n) is 17.9. The molecule has 7 nitrogen and oxygen atoms in total. The molecule has 1 heterocycles. The molecule has 0 bridgehead atoms. The van der Waals surface area contributed by atoms with Crippen LogP contribution in [-0.4, -0.2) is 62.8 Å². The van der Waals surface area contributed by atoms with E-state index in [2.05, 4.69) is 43.2 Å². The number of guanidine groups is 1. The van der Waals surface area contributed by atoms with E-state index in [0.717, 1.165) is 31.2 Å². The number of methoxy groups -OCH3 is 2. The van der Waals surface area contributed by atoms with E-state index in [9.17, 15) is 4.79 Å². The number of hydrogen-bond acceptors (Lipinski definition) is 5. The van der Waals surface area contributed by atoms with Crippen molar-refractivity contribution < 1.29 is 14.3 Å². The predicted molar refractivity (Wildman–Crippen MR) is 112 cm³/mol. The molecule has 0 amide bonds. The van der Waals surface area contributed by atoms with Gasteiger partial charge in [-0.1, -0.05) is 13.0 Å². The van der Waals surface area contributed by atoms with Gasteiger partial charge in [-0.05, 0) is 44.4 Å². The zero-order valence-corrected chi connectivity index (χ0v) is 17.9. The van der Waals surface area contributed by atoms with Crippen molar-refractivity contribution in [2.24, 2.45) is 10.9 Å². The van der Waals surface area contributed by atoms with Gasteiger partial charge in [-0.3, -0.25) is 4.90 Å². The highest BCUT2D eigenvalue weighted by atomic mass is 16.5. The summed E-state index contributed by atoms with van der Waals surface area (Å²) in [7, 11) is 2.90. The number of hydrogen-bond donors (Lipinski definition) is 2. The van der Waals surface area contributed by atoms with Crippen molar-refractivity contribution in [3.63, 3.8) is 0 Å². The van der Waals surface area contributed by atoms with Gasteiger partial charge < -0.3 is 20.1 Å². The summed E-state index contributed by atoms with van der Waals surface area (Å²) in [5.41, 5.74) is 1.33. The summed E-state index contributed by atoms with van der Waals surface area (Å²) in [5, 5.41) is 6.89. The van der Waals surface area contributed by atoms with Crippen LogP contribution in [0.25, 0.3) is 0 Å². The van der Waals surface area contributed by atoms with Crippen molar-refractivity contribution in [3.05, 3.63) is 29.3 Å². The first-order valence-electron chi connectivity index (χ1n) is 9.93. The molecule has 0 saturated carbocycles. The molecule has 1 aliphatic rings. The molecule has 156 valence electrons. The van der Waals surface area contributed by atoms with E-state index < -0.39 is 5.97 Å². The topological polar surface area (TPSA) is 75.2 Å². The van der Waals surface area contributed by atoms with Gasteiger partial charge in [0.15, 0.2) is 5.96 Å². The highest BCUT2D eigenvalue weighted by Gasteiger charge is 2.31. The summed E-state index contributed by atoms with van der Waals surface area (Å²) in [4.78, 5) is 19.2. The lowest BCUT2D eigenvalue weighted by molar-refractivity contribution is 0.0597. The molecule has 2 rings (SSSR count). The average molecular weight is 391 g/mol. The SMILES string of the molecule is CCNC(=NCc1ccc(OC)c(C(=O)OC)c1)NC1CN(C(C)C)CC1C. The standard InChI is InChI=1S/C21H34N4O3/c1-7-22-21(24-18-13-25(14(2)3)12-15(18)4)23-11-16-8-9-19(27-5)17(10-16)20(26)28-6/h8-10,14-15,18H,7,11-13H2,1-6H3,(H2,22,23,24). The van der Waals surface area contributed by atoms with E-state index in [1.807, 2.05) is 6.07 Å². The van der Waals surface area contributed by atoms with Crippen LogP contribution in [0.4, 0.5) is 0 Å². The van der Waals surface area contributed by atoms with Crippen molar-refractivity contribution in [1.29, 1.82) is 0 Å². The van der Waals surface area contributed by atoms with E-state index >= 15 is 0 Å². The van der Waals surface area contributed by atoms with Gasteiger partial charge in [-0.25, -0.2) is 9.79 Å². The Kier molecular flexibility index (Phi) is 8.11. The molecule has 0 radical (unpaired) electrons. The predicted octanol–water partition coefficient (Wildman–Crippen LogP) is 2.27. The quantitative estimate of drug-likeness (QED) is 0.423. The lowest BCUT2D eigenvalue weighted by Crippen LogP contribution is -2.46. The van der Waals surface area contributed by atoms with Crippen molar-refractivity contribution in [3.8, 4) is 5.75 Å².